The molecule has 2 aromatic carbocycles. The zero-order valence-corrected chi connectivity index (χ0v) is 18.6. The van der Waals surface area contributed by atoms with Crippen LogP contribution < -0.4 is 9.62 Å². The van der Waals surface area contributed by atoms with Crippen LogP contribution in [0.15, 0.2) is 42.5 Å². The minimum absolute atomic E-state index is 0.109. The maximum Gasteiger partial charge on any atom is 0.253 e. The third kappa shape index (κ3) is 3.70. The van der Waals surface area contributed by atoms with Gasteiger partial charge in [0.1, 0.15) is 0 Å². The Morgan fingerprint density at radius 1 is 1.13 bits per heavy atom. The molecule has 3 aromatic rings. The van der Waals surface area contributed by atoms with Crippen LogP contribution >= 0.6 is 11.6 Å². The third-order valence-electron chi connectivity index (χ3n) is 6.25. The predicted octanol–water partition coefficient (Wildman–Crippen LogP) is 4.56. The molecule has 1 saturated heterocycles. The molecule has 31 heavy (non-hydrogen) atoms. The first-order chi connectivity index (χ1) is 14.9. The number of aryl methyl sites for hydroxylation is 1. The lowest BCUT2D eigenvalue weighted by atomic mass is 9.91. The molecule has 5 rings (SSSR count). The number of aromatic amines is 1. The van der Waals surface area contributed by atoms with Gasteiger partial charge in [0.25, 0.3) is 5.91 Å². The Balaban J connectivity index is 1.39. The normalized spacial score (nSPS) is 20.4. The highest BCUT2D eigenvalue weighted by atomic mass is 35.5. The van der Waals surface area contributed by atoms with Gasteiger partial charge >= 0.3 is 0 Å². The average molecular weight is 458 g/mol. The largest absolute Gasteiger partial charge is 0.356 e. The van der Waals surface area contributed by atoms with E-state index in [2.05, 4.69) is 22.4 Å². The summed E-state index contributed by atoms with van der Waals surface area (Å²) in [4.78, 5) is 16.5. The minimum Gasteiger partial charge on any atom is -0.356 e. The average Bonchev–Trinajstić information content (AvgIpc) is 3.13. The summed E-state index contributed by atoms with van der Waals surface area (Å²) in [7, 11) is -3.33. The van der Waals surface area contributed by atoms with Crippen LogP contribution in [-0.4, -0.2) is 31.6 Å². The van der Waals surface area contributed by atoms with E-state index in [1.165, 1.54) is 15.3 Å². The fraction of sp³-hybridized carbons (Fsp3) is 0.348. The molecule has 0 bridgehead atoms. The molecule has 0 radical (unpaired) electrons. The number of sulfonamides is 1. The van der Waals surface area contributed by atoms with Crippen LogP contribution in [-0.2, 0) is 16.4 Å². The number of para-hydroxylation sites is 1. The molecule has 1 aromatic heterocycles. The first kappa shape index (κ1) is 20.4. The maximum absolute atomic E-state index is 13.0. The summed E-state index contributed by atoms with van der Waals surface area (Å²) in [6.07, 6.45) is 4.33. The van der Waals surface area contributed by atoms with Gasteiger partial charge in [0.2, 0.25) is 10.0 Å². The van der Waals surface area contributed by atoms with Crippen molar-refractivity contribution in [2.75, 3.05) is 16.6 Å². The van der Waals surface area contributed by atoms with Crippen LogP contribution in [0.1, 0.15) is 53.3 Å². The number of hydrogen-bond donors (Lipinski definition) is 2. The highest BCUT2D eigenvalue weighted by Crippen LogP contribution is 2.35. The van der Waals surface area contributed by atoms with Crippen molar-refractivity contribution < 1.29 is 13.2 Å². The van der Waals surface area contributed by atoms with Crippen molar-refractivity contribution in [3.8, 4) is 0 Å². The number of nitrogens with zero attached hydrogens (tertiary/aromatic N) is 1. The van der Waals surface area contributed by atoms with E-state index in [0.29, 0.717) is 24.2 Å². The first-order valence-electron chi connectivity index (χ1n) is 10.6. The van der Waals surface area contributed by atoms with Crippen LogP contribution in [0, 0.1) is 0 Å². The van der Waals surface area contributed by atoms with E-state index in [4.69, 9.17) is 11.6 Å². The zero-order chi connectivity index (χ0) is 21.6. The summed E-state index contributed by atoms with van der Waals surface area (Å²) in [5.74, 6) is -0.115. The second-order valence-corrected chi connectivity index (χ2v) is 10.7. The standard InChI is InChI=1S/C23H24ClN3O3S/c24-19-14-15(27-12-3-4-13-31(27,29)30)10-11-18(19)23(28)26-21-9-5-7-17-16-6-1-2-8-20(16)25-22(17)21/h1-2,6,8,10-11,14,21,25H,3-5,7,9,12-13H2,(H,26,28). The highest BCUT2D eigenvalue weighted by Gasteiger charge is 2.28. The summed E-state index contributed by atoms with van der Waals surface area (Å²) >= 11 is 6.43. The van der Waals surface area contributed by atoms with Crippen LogP contribution in [0.25, 0.3) is 10.9 Å². The second kappa shape index (κ2) is 7.88. The van der Waals surface area contributed by atoms with Gasteiger partial charge in [-0.15, -0.1) is 0 Å². The number of hydrogen-bond acceptors (Lipinski definition) is 3. The molecule has 1 aliphatic carbocycles. The highest BCUT2D eigenvalue weighted by molar-refractivity contribution is 7.92. The Morgan fingerprint density at radius 3 is 2.77 bits per heavy atom. The van der Waals surface area contributed by atoms with Crippen molar-refractivity contribution in [3.63, 3.8) is 0 Å². The monoisotopic (exact) mass is 457 g/mol. The molecule has 1 atom stereocenters. The zero-order valence-electron chi connectivity index (χ0n) is 17.0. The summed E-state index contributed by atoms with van der Waals surface area (Å²) in [5.41, 5.74) is 4.27. The molecule has 1 fully saturated rings. The first-order valence-corrected chi connectivity index (χ1v) is 12.6. The minimum atomic E-state index is -3.33. The predicted molar refractivity (Wildman–Crippen MR) is 123 cm³/mol. The number of carbonyl (C=O) groups excluding carboxylic acids is 1. The fourth-order valence-electron chi connectivity index (χ4n) is 4.72. The smallest absolute Gasteiger partial charge is 0.253 e. The molecule has 0 saturated carbocycles. The van der Waals surface area contributed by atoms with E-state index in [1.807, 2.05) is 12.1 Å². The molecule has 2 heterocycles. The summed E-state index contributed by atoms with van der Waals surface area (Å²) < 4.78 is 26.1. The lowest BCUT2D eigenvalue weighted by Gasteiger charge is -2.28. The molecule has 6 nitrogen and oxygen atoms in total. The number of fused-ring (bicyclic) bond motifs is 3. The topological polar surface area (TPSA) is 82.3 Å². The van der Waals surface area contributed by atoms with Crippen molar-refractivity contribution in [1.29, 1.82) is 0 Å². The molecule has 1 aliphatic heterocycles. The van der Waals surface area contributed by atoms with Gasteiger partial charge in [-0.1, -0.05) is 29.8 Å². The molecule has 2 aliphatic rings. The Labute approximate surface area is 186 Å². The lowest BCUT2D eigenvalue weighted by molar-refractivity contribution is 0.0932. The van der Waals surface area contributed by atoms with Crippen molar-refractivity contribution in [1.82, 2.24) is 10.3 Å². The number of H-pyrrole nitrogens is 1. The summed E-state index contributed by atoms with van der Waals surface area (Å²) in [5, 5.41) is 4.58. The Hall–Kier alpha value is -2.51. The second-order valence-electron chi connectivity index (χ2n) is 8.24. The van der Waals surface area contributed by atoms with Crippen molar-refractivity contribution in [2.24, 2.45) is 0 Å². The number of carbonyl (C=O) groups is 1. The van der Waals surface area contributed by atoms with Crippen molar-refractivity contribution in [2.45, 2.75) is 38.1 Å². The van der Waals surface area contributed by atoms with Crippen LogP contribution in [0.4, 0.5) is 5.69 Å². The number of aromatic nitrogens is 1. The molecule has 1 amide bonds. The van der Waals surface area contributed by atoms with Crippen LogP contribution in [0.5, 0.6) is 0 Å². The van der Waals surface area contributed by atoms with Gasteiger partial charge < -0.3 is 10.3 Å². The number of amides is 1. The molecule has 8 heteroatoms. The van der Waals surface area contributed by atoms with Gasteiger partial charge in [0, 0.05) is 23.1 Å². The van der Waals surface area contributed by atoms with Gasteiger partial charge in [0.05, 0.1) is 28.1 Å². The van der Waals surface area contributed by atoms with E-state index in [1.54, 1.807) is 18.2 Å². The van der Waals surface area contributed by atoms with Crippen molar-refractivity contribution >= 4 is 44.1 Å². The Morgan fingerprint density at radius 2 is 1.97 bits per heavy atom. The Bertz CT molecular complexity index is 1270. The van der Waals surface area contributed by atoms with Crippen LogP contribution in [0.3, 0.4) is 0 Å². The molecule has 2 N–H and O–H groups in total. The quantitative estimate of drug-likeness (QED) is 0.604. The SMILES string of the molecule is O=C(NC1CCCc2c1[nH]c1ccccc21)c1ccc(N2CCCCS2(=O)=O)cc1Cl. The summed E-state index contributed by atoms with van der Waals surface area (Å²) in [6, 6.07) is 12.9. The number of anilines is 1. The number of rotatable bonds is 3. The van der Waals surface area contributed by atoms with Gasteiger partial charge in [-0.05, 0) is 61.9 Å². The fourth-order valence-corrected chi connectivity index (χ4v) is 6.61. The molecule has 0 spiro atoms. The molecule has 1 unspecified atom stereocenters. The summed E-state index contributed by atoms with van der Waals surface area (Å²) in [6.45, 7) is 0.440. The molecule has 162 valence electrons. The van der Waals surface area contributed by atoms with E-state index < -0.39 is 10.0 Å². The van der Waals surface area contributed by atoms with Gasteiger partial charge in [0.15, 0.2) is 0 Å². The molecular formula is C23H24ClN3O3S. The number of nitrogens with one attached hydrogen (secondary N) is 2. The van der Waals surface area contributed by atoms with Gasteiger partial charge in [-0.2, -0.15) is 0 Å². The molecular weight excluding hydrogens is 434 g/mol. The van der Waals surface area contributed by atoms with Gasteiger partial charge in [-0.3, -0.25) is 9.10 Å². The number of halogens is 1. The van der Waals surface area contributed by atoms with E-state index >= 15 is 0 Å². The van der Waals surface area contributed by atoms with E-state index in [9.17, 15) is 13.2 Å². The van der Waals surface area contributed by atoms with Gasteiger partial charge in [-0.25, -0.2) is 8.42 Å². The Kier molecular flexibility index (Phi) is 5.18. The lowest BCUT2D eigenvalue weighted by Crippen LogP contribution is -2.38. The third-order valence-corrected chi connectivity index (χ3v) is 8.44. The number of benzene rings is 2. The van der Waals surface area contributed by atoms with Crippen molar-refractivity contribution in [3.05, 3.63) is 64.3 Å². The maximum atomic E-state index is 13.0. The van der Waals surface area contributed by atoms with E-state index in [0.717, 1.165) is 36.9 Å². The van der Waals surface area contributed by atoms with Crippen LogP contribution in [0.2, 0.25) is 5.02 Å². The van der Waals surface area contributed by atoms with E-state index in [-0.39, 0.29) is 22.7 Å².